The molecule has 0 fully saturated rings. The summed E-state index contributed by atoms with van der Waals surface area (Å²) in [4.78, 5) is 12.7. The van der Waals surface area contributed by atoms with Crippen LogP contribution < -0.4 is 0 Å². The number of hydrogen-bond acceptors (Lipinski definition) is 2. The molecule has 76 valence electrons. The molecular weight excluding hydrogens is 180 g/mol. The third-order valence-corrected chi connectivity index (χ3v) is 2.19. The predicted molar refractivity (Wildman–Crippen MR) is 61.8 cm³/mol. The second-order valence-corrected chi connectivity index (χ2v) is 3.25. The van der Waals surface area contributed by atoms with Gasteiger partial charge in [0, 0.05) is 4.88 Å². The Morgan fingerprint density at radius 3 is 1.77 bits per heavy atom. The fourth-order valence-corrected chi connectivity index (χ4v) is 1.39. The van der Waals surface area contributed by atoms with E-state index in [-0.39, 0.29) is 5.78 Å². The molecule has 0 spiro atoms. The number of hydrogen-bond donors (Lipinski definition) is 0. The summed E-state index contributed by atoms with van der Waals surface area (Å²) in [6, 6.07) is 3.82. The largest absolute Gasteiger partial charge is 0.294 e. The number of thiophene rings is 1. The van der Waals surface area contributed by atoms with Crippen LogP contribution in [-0.4, -0.2) is 5.78 Å². The first-order chi connectivity index (χ1) is 6.20. The molecule has 0 saturated carbocycles. The maximum atomic E-state index is 10.7. The summed E-state index contributed by atoms with van der Waals surface area (Å²) in [5.74, 6) is 0.160. The van der Waals surface area contributed by atoms with Gasteiger partial charge < -0.3 is 0 Å². The van der Waals surface area contributed by atoms with Crippen molar-refractivity contribution in [3.05, 3.63) is 21.9 Å². The van der Waals surface area contributed by atoms with Crippen LogP contribution in [0.2, 0.25) is 0 Å². The van der Waals surface area contributed by atoms with Crippen molar-refractivity contribution in [3.63, 3.8) is 0 Å². The highest BCUT2D eigenvalue weighted by atomic mass is 32.1. The van der Waals surface area contributed by atoms with Crippen molar-refractivity contribution in [1.82, 2.24) is 0 Å². The molecule has 1 nitrogen and oxygen atoms in total. The minimum Gasteiger partial charge on any atom is -0.294 e. The van der Waals surface area contributed by atoms with E-state index in [1.807, 2.05) is 46.8 Å². The summed E-state index contributed by atoms with van der Waals surface area (Å²) < 4.78 is 0. The Bertz CT molecular complexity index is 226. The van der Waals surface area contributed by atoms with Crippen LogP contribution in [0.15, 0.2) is 12.1 Å². The molecule has 0 N–H and O–H groups in total. The van der Waals surface area contributed by atoms with Crippen LogP contribution in [0.5, 0.6) is 0 Å². The number of carbonyl (C=O) groups is 1. The molecule has 0 aliphatic rings. The van der Waals surface area contributed by atoms with Crippen molar-refractivity contribution < 1.29 is 4.79 Å². The van der Waals surface area contributed by atoms with Gasteiger partial charge in [-0.2, -0.15) is 0 Å². The molecule has 0 atom stereocenters. The molecule has 0 amide bonds. The van der Waals surface area contributed by atoms with Crippen LogP contribution >= 0.6 is 11.3 Å². The monoisotopic (exact) mass is 200 g/mol. The molecule has 1 aromatic heterocycles. The molecule has 0 aromatic carbocycles. The third-order valence-electron chi connectivity index (χ3n) is 1.09. The van der Waals surface area contributed by atoms with Crippen LogP contribution in [0.25, 0.3) is 0 Å². The summed E-state index contributed by atoms with van der Waals surface area (Å²) in [5.41, 5.74) is 0. The van der Waals surface area contributed by atoms with Crippen LogP contribution in [0.3, 0.4) is 0 Å². The maximum absolute atomic E-state index is 10.7. The van der Waals surface area contributed by atoms with E-state index in [0.29, 0.717) is 0 Å². The molecule has 0 aliphatic carbocycles. The van der Waals surface area contributed by atoms with Crippen molar-refractivity contribution in [2.75, 3.05) is 0 Å². The lowest BCUT2D eigenvalue weighted by Crippen LogP contribution is -1.83. The van der Waals surface area contributed by atoms with Crippen LogP contribution in [0.1, 0.15) is 49.2 Å². The molecule has 1 heterocycles. The normalized spacial score (nSPS) is 7.54. The van der Waals surface area contributed by atoms with E-state index in [9.17, 15) is 4.79 Å². The SMILES string of the molecule is CC.CC.CC(=O)c1ccc(C)s1. The lowest BCUT2D eigenvalue weighted by Gasteiger charge is -1.81. The molecule has 0 saturated heterocycles. The molecule has 0 aliphatic heterocycles. The third kappa shape index (κ3) is 6.52. The van der Waals surface area contributed by atoms with Gasteiger partial charge in [0.15, 0.2) is 5.78 Å². The van der Waals surface area contributed by atoms with Crippen molar-refractivity contribution >= 4 is 17.1 Å². The van der Waals surface area contributed by atoms with Crippen LogP contribution in [-0.2, 0) is 0 Å². The second kappa shape index (κ2) is 9.46. The van der Waals surface area contributed by atoms with Crippen LogP contribution in [0.4, 0.5) is 0 Å². The lowest BCUT2D eigenvalue weighted by atomic mass is 10.3. The van der Waals surface area contributed by atoms with E-state index < -0.39 is 0 Å². The summed E-state index contributed by atoms with van der Waals surface area (Å²) in [6.07, 6.45) is 0. The first-order valence-corrected chi connectivity index (χ1v) is 5.59. The Hall–Kier alpha value is -0.630. The predicted octanol–water partition coefficient (Wildman–Crippen LogP) is 4.31. The van der Waals surface area contributed by atoms with E-state index in [0.717, 1.165) is 4.88 Å². The zero-order valence-electron chi connectivity index (χ0n) is 9.47. The van der Waals surface area contributed by atoms with Gasteiger partial charge in [-0.1, -0.05) is 27.7 Å². The van der Waals surface area contributed by atoms with Gasteiger partial charge in [0.1, 0.15) is 0 Å². The van der Waals surface area contributed by atoms with Gasteiger partial charge in [-0.15, -0.1) is 11.3 Å². The standard InChI is InChI=1S/C7H8OS.2C2H6/c1-5-3-4-7(9-5)6(2)8;2*1-2/h3-4H,1-2H3;2*1-2H3. The highest BCUT2D eigenvalue weighted by molar-refractivity contribution is 7.13. The van der Waals surface area contributed by atoms with E-state index in [2.05, 4.69) is 0 Å². The molecule has 1 rings (SSSR count). The smallest absolute Gasteiger partial charge is 0.169 e. The van der Waals surface area contributed by atoms with Crippen molar-refractivity contribution in [2.24, 2.45) is 0 Å². The molecule has 0 radical (unpaired) electrons. The molecule has 1 aromatic rings. The maximum Gasteiger partial charge on any atom is 0.169 e. The highest BCUT2D eigenvalue weighted by Crippen LogP contribution is 2.14. The average molecular weight is 200 g/mol. The number of Topliss-reactive ketones (excluding diaryl/α,β-unsaturated/α-hetero) is 1. The van der Waals surface area contributed by atoms with E-state index >= 15 is 0 Å². The summed E-state index contributed by atoms with van der Waals surface area (Å²) in [5, 5.41) is 0. The van der Waals surface area contributed by atoms with E-state index in [1.54, 1.807) is 18.3 Å². The Labute approximate surface area is 85.8 Å². The zero-order chi connectivity index (χ0) is 10.9. The topological polar surface area (TPSA) is 17.1 Å². The zero-order valence-corrected chi connectivity index (χ0v) is 10.3. The van der Waals surface area contributed by atoms with Gasteiger partial charge in [0.25, 0.3) is 0 Å². The van der Waals surface area contributed by atoms with Gasteiger partial charge in [-0.3, -0.25) is 4.79 Å². The van der Waals surface area contributed by atoms with Crippen molar-refractivity contribution in [2.45, 2.75) is 41.5 Å². The molecule has 0 unspecified atom stereocenters. The van der Waals surface area contributed by atoms with E-state index in [1.165, 1.54) is 4.88 Å². The second-order valence-electron chi connectivity index (χ2n) is 1.97. The van der Waals surface area contributed by atoms with Gasteiger partial charge in [-0.25, -0.2) is 0 Å². The minimum absolute atomic E-state index is 0.160. The van der Waals surface area contributed by atoms with Gasteiger partial charge >= 0.3 is 0 Å². The van der Waals surface area contributed by atoms with Crippen molar-refractivity contribution in [1.29, 1.82) is 0 Å². The van der Waals surface area contributed by atoms with Gasteiger partial charge in [0.05, 0.1) is 4.88 Å². The Kier molecular flexibility index (Phi) is 10.8. The molecule has 13 heavy (non-hydrogen) atoms. The fourth-order valence-electron chi connectivity index (χ4n) is 0.624. The summed E-state index contributed by atoms with van der Waals surface area (Å²) in [7, 11) is 0. The highest BCUT2D eigenvalue weighted by Gasteiger charge is 1.99. The first-order valence-electron chi connectivity index (χ1n) is 4.77. The quantitative estimate of drug-likeness (QED) is 0.617. The molecule has 2 heteroatoms. The lowest BCUT2D eigenvalue weighted by molar-refractivity contribution is 0.102. The Morgan fingerprint density at radius 1 is 1.15 bits per heavy atom. The average Bonchev–Trinajstić information content (AvgIpc) is 2.59. The number of ketones is 1. The first kappa shape index (κ1) is 14.9. The summed E-state index contributed by atoms with van der Waals surface area (Å²) >= 11 is 1.55. The Morgan fingerprint density at radius 2 is 1.62 bits per heavy atom. The molecule has 0 bridgehead atoms. The van der Waals surface area contributed by atoms with Crippen LogP contribution in [0, 0.1) is 6.92 Å². The minimum atomic E-state index is 0.160. The van der Waals surface area contributed by atoms with E-state index in [4.69, 9.17) is 0 Å². The Balaban J connectivity index is 0. The number of aryl methyl sites for hydroxylation is 1. The number of carbonyl (C=O) groups excluding carboxylic acids is 1. The fraction of sp³-hybridized carbons (Fsp3) is 0.545. The number of rotatable bonds is 1. The summed E-state index contributed by atoms with van der Waals surface area (Å²) in [6.45, 7) is 11.6. The molecular formula is C11H20OS. The van der Waals surface area contributed by atoms with Gasteiger partial charge in [0.2, 0.25) is 0 Å². The van der Waals surface area contributed by atoms with Gasteiger partial charge in [-0.05, 0) is 26.0 Å². The van der Waals surface area contributed by atoms with Crippen molar-refractivity contribution in [3.8, 4) is 0 Å².